The van der Waals surface area contributed by atoms with Crippen molar-refractivity contribution in [2.24, 2.45) is 5.84 Å². The molecule has 0 aliphatic carbocycles. The first-order chi connectivity index (χ1) is 6.26. The summed E-state index contributed by atoms with van der Waals surface area (Å²) in [5.74, 6) is 5.06. The van der Waals surface area contributed by atoms with Crippen molar-refractivity contribution in [1.29, 1.82) is 0 Å². The van der Waals surface area contributed by atoms with Gasteiger partial charge < -0.3 is 15.5 Å². The molecule has 0 aliphatic rings. The zero-order valence-corrected chi connectivity index (χ0v) is 7.76. The van der Waals surface area contributed by atoms with E-state index in [0.29, 0.717) is 16.8 Å². The summed E-state index contributed by atoms with van der Waals surface area (Å²) in [7, 11) is 1.49. The predicted molar refractivity (Wildman–Crippen MR) is 52.1 cm³/mol. The average molecular weight is 199 g/mol. The van der Waals surface area contributed by atoms with E-state index in [1.54, 1.807) is 0 Å². The van der Waals surface area contributed by atoms with E-state index >= 15 is 0 Å². The SMILES string of the molecule is COc1ncc(NC(=S)NN)cn1. The van der Waals surface area contributed by atoms with Gasteiger partial charge in [-0.2, -0.15) is 0 Å². The molecule has 0 aliphatic heterocycles. The van der Waals surface area contributed by atoms with E-state index in [1.807, 2.05) is 0 Å². The highest BCUT2D eigenvalue weighted by Gasteiger charge is 1.97. The van der Waals surface area contributed by atoms with Crippen molar-refractivity contribution < 1.29 is 4.74 Å². The number of rotatable bonds is 2. The van der Waals surface area contributed by atoms with Crippen LogP contribution >= 0.6 is 12.2 Å². The van der Waals surface area contributed by atoms with Gasteiger partial charge in [-0.3, -0.25) is 0 Å². The van der Waals surface area contributed by atoms with Crippen molar-refractivity contribution in [3.05, 3.63) is 12.4 Å². The lowest BCUT2D eigenvalue weighted by Crippen LogP contribution is -2.34. The maximum Gasteiger partial charge on any atom is 0.316 e. The molecule has 0 saturated heterocycles. The smallest absolute Gasteiger partial charge is 0.316 e. The van der Waals surface area contributed by atoms with E-state index in [9.17, 15) is 0 Å². The highest BCUT2D eigenvalue weighted by molar-refractivity contribution is 7.80. The number of nitrogens with one attached hydrogen (secondary N) is 2. The van der Waals surface area contributed by atoms with Crippen molar-refractivity contribution >= 4 is 23.0 Å². The van der Waals surface area contributed by atoms with Gasteiger partial charge in [-0.25, -0.2) is 15.8 Å². The van der Waals surface area contributed by atoms with Gasteiger partial charge in [0.1, 0.15) is 0 Å². The lowest BCUT2D eigenvalue weighted by atomic mass is 10.5. The minimum absolute atomic E-state index is 0.300. The van der Waals surface area contributed by atoms with Crippen molar-refractivity contribution in [3.63, 3.8) is 0 Å². The van der Waals surface area contributed by atoms with E-state index in [2.05, 4.69) is 20.7 Å². The summed E-state index contributed by atoms with van der Waals surface area (Å²) < 4.78 is 4.78. The number of hydrazine groups is 1. The predicted octanol–water partition coefficient (Wildman–Crippen LogP) is -0.355. The Kier molecular flexibility index (Phi) is 3.35. The summed E-state index contributed by atoms with van der Waals surface area (Å²) in [5.41, 5.74) is 2.92. The fourth-order valence-corrected chi connectivity index (χ4v) is 0.771. The molecule has 0 fully saturated rings. The highest BCUT2D eigenvalue weighted by atomic mass is 32.1. The molecule has 0 atom stereocenters. The van der Waals surface area contributed by atoms with Crippen molar-refractivity contribution in [2.75, 3.05) is 12.4 Å². The normalized spacial score (nSPS) is 9.08. The highest BCUT2D eigenvalue weighted by Crippen LogP contribution is 2.05. The van der Waals surface area contributed by atoms with Gasteiger partial charge in [0, 0.05) is 0 Å². The van der Waals surface area contributed by atoms with Crippen molar-refractivity contribution in [3.8, 4) is 6.01 Å². The molecule has 13 heavy (non-hydrogen) atoms. The first kappa shape index (κ1) is 9.62. The van der Waals surface area contributed by atoms with Crippen LogP contribution in [0, 0.1) is 0 Å². The third kappa shape index (κ3) is 2.80. The Morgan fingerprint density at radius 1 is 1.54 bits per heavy atom. The number of hydrogen-bond donors (Lipinski definition) is 3. The molecule has 70 valence electrons. The zero-order valence-electron chi connectivity index (χ0n) is 6.94. The molecule has 0 bridgehead atoms. The molecule has 1 rings (SSSR count). The van der Waals surface area contributed by atoms with Crippen LogP contribution in [-0.4, -0.2) is 22.2 Å². The molecule has 4 N–H and O–H groups in total. The third-order valence-electron chi connectivity index (χ3n) is 1.20. The maximum absolute atomic E-state index is 5.06. The second-order valence-corrected chi connectivity index (χ2v) is 2.47. The Morgan fingerprint density at radius 2 is 2.15 bits per heavy atom. The molecule has 0 saturated carbocycles. The van der Waals surface area contributed by atoms with Gasteiger partial charge in [0.05, 0.1) is 25.2 Å². The van der Waals surface area contributed by atoms with Crippen LogP contribution in [0.3, 0.4) is 0 Å². The van der Waals surface area contributed by atoms with Gasteiger partial charge in [-0.1, -0.05) is 0 Å². The largest absolute Gasteiger partial charge is 0.467 e. The zero-order chi connectivity index (χ0) is 9.68. The Bertz CT molecular complexity index is 288. The standard InChI is InChI=1S/C6H9N5OS/c1-12-5-8-2-4(3-9-5)10-6(13)11-7/h2-3H,7H2,1H3,(H2,10,11,13). The Labute approximate surface area is 80.5 Å². The number of hydrogen-bond acceptors (Lipinski definition) is 5. The second-order valence-electron chi connectivity index (χ2n) is 2.06. The van der Waals surface area contributed by atoms with Gasteiger partial charge in [0.2, 0.25) is 0 Å². The Hall–Kier alpha value is -1.47. The Balaban J connectivity index is 2.64. The van der Waals surface area contributed by atoms with Crippen LogP contribution in [-0.2, 0) is 0 Å². The van der Waals surface area contributed by atoms with Crippen LogP contribution in [0.2, 0.25) is 0 Å². The number of anilines is 1. The fraction of sp³-hybridized carbons (Fsp3) is 0.167. The Morgan fingerprint density at radius 3 is 2.62 bits per heavy atom. The fourth-order valence-electron chi connectivity index (χ4n) is 0.653. The molecular formula is C6H9N5OS. The van der Waals surface area contributed by atoms with Gasteiger partial charge >= 0.3 is 6.01 Å². The van der Waals surface area contributed by atoms with Gasteiger partial charge in [0.25, 0.3) is 0 Å². The van der Waals surface area contributed by atoms with Crippen LogP contribution in [0.5, 0.6) is 6.01 Å². The van der Waals surface area contributed by atoms with Crippen LogP contribution in [0.15, 0.2) is 12.4 Å². The van der Waals surface area contributed by atoms with Crippen LogP contribution in [0.1, 0.15) is 0 Å². The molecule has 0 spiro atoms. The monoisotopic (exact) mass is 199 g/mol. The molecule has 7 heteroatoms. The number of thiocarbonyl (C=S) groups is 1. The summed E-state index contributed by atoms with van der Waals surface area (Å²) >= 11 is 4.76. The number of nitrogens with two attached hydrogens (primary N) is 1. The van der Waals surface area contributed by atoms with Crippen LogP contribution in [0.25, 0.3) is 0 Å². The molecule has 0 amide bonds. The summed E-state index contributed by atoms with van der Waals surface area (Å²) in [5, 5.41) is 3.06. The quantitative estimate of drug-likeness (QED) is 0.341. The first-order valence-corrected chi connectivity index (χ1v) is 3.80. The van der Waals surface area contributed by atoms with Gasteiger partial charge in [-0.05, 0) is 12.2 Å². The topological polar surface area (TPSA) is 85.1 Å². The van der Waals surface area contributed by atoms with E-state index in [-0.39, 0.29) is 0 Å². The summed E-state index contributed by atoms with van der Waals surface area (Å²) in [6.45, 7) is 0. The molecule has 6 nitrogen and oxygen atoms in total. The summed E-state index contributed by atoms with van der Waals surface area (Å²) in [6.07, 6.45) is 3.07. The summed E-state index contributed by atoms with van der Waals surface area (Å²) in [6, 6.07) is 0.303. The molecular weight excluding hydrogens is 190 g/mol. The van der Waals surface area contributed by atoms with E-state index in [4.69, 9.17) is 22.8 Å². The van der Waals surface area contributed by atoms with Crippen LogP contribution < -0.4 is 21.3 Å². The molecule has 1 aromatic heterocycles. The number of aromatic nitrogens is 2. The molecule has 0 aromatic carbocycles. The number of ether oxygens (including phenoxy) is 1. The second kappa shape index (κ2) is 4.53. The molecule has 1 aromatic rings. The van der Waals surface area contributed by atoms with Crippen molar-refractivity contribution in [2.45, 2.75) is 0 Å². The lowest BCUT2D eigenvalue weighted by Gasteiger charge is -2.05. The molecule has 1 heterocycles. The maximum atomic E-state index is 5.06. The average Bonchev–Trinajstić information content (AvgIpc) is 2.19. The van der Waals surface area contributed by atoms with Crippen molar-refractivity contribution in [1.82, 2.24) is 15.4 Å². The third-order valence-corrected chi connectivity index (χ3v) is 1.42. The number of nitrogens with zero attached hydrogens (tertiary/aromatic N) is 2. The van der Waals surface area contributed by atoms with E-state index in [1.165, 1.54) is 19.5 Å². The lowest BCUT2D eigenvalue weighted by molar-refractivity contribution is 0.380. The minimum Gasteiger partial charge on any atom is -0.467 e. The summed E-state index contributed by atoms with van der Waals surface area (Å²) in [4.78, 5) is 7.72. The van der Waals surface area contributed by atoms with E-state index in [0.717, 1.165) is 0 Å². The van der Waals surface area contributed by atoms with Gasteiger partial charge in [-0.15, -0.1) is 0 Å². The first-order valence-electron chi connectivity index (χ1n) is 3.40. The van der Waals surface area contributed by atoms with Crippen LogP contribution in [0.4, 0.5) is 5.69 Å². The minimum atomic E-state index is 0.300. The molecule has 0 unspecified atom stereocenters. The molecule has 0 radical (unpaired) electrons. The van der Waals surface area contributed by atoms with E-state index < -0.39 is 0 Å². The number of methoxy groups -OCH3 is 1. The van der Waals surface area contributed by atoms with Gasteiger partial charge in [0.15, 0.2) is 5.11 Å².